The fraction of sp³-hybridized carbons (Fsp3) is 0.409. The van der Waals surface area contributed by atoms with E-state index < -0.39 is 10.1 Å². The molecule has 0 bridgehead atoms. The van der Waals surface area contributed by atoms with Crippen molar-refractivity contribution in [3.8, 4) is 0 Å². The molecule has 0 saturated heterocycles. The Bertz CT molecular complexity index is 922. The van der Waals surface area contributed by atoms with Crippen LogP contribution >= 0.6 is 24.0 Å². The van der Waals surface area contributed by atoms with Gasteiger partial charge in [-0.2, -0.15) is 0 Å². The lowest BCUT2D eigenvalue weighted by atomic mass is 10.0. The van der Waals surface area contributed by atoms with Gasteiger partial charge in [-0.15, -0.1) is 11.8 Å². The first-order valence-electron chi connectivity index (χ1n) is 9.51. The van der Waals surface area contributed by atoms with Crippen LogP contribution in [0.25, 0.3) is 0 Å². The van der Waals surface area contributed by atoms with Crippen LogP contribution in [-0.4, -0.2) is 48.0 Å². The average molecular weight is 452 g/mol. The zero-order valence-electron chi connectivity index (χ0n) is 17.4. The molecule has 0 aliphatic heterocycles. The molecule has 29 heavy (non-hydrogen) atoms. The van der Waals surface area contributed by atoms with Crippen LogP contribution in [0.2, 0.25) is 0 Å². The third-order valence-electron chi connectivity index (χ3n) is 4.77. The largest absolute Gasteiger partial charge is 0.748 e. The second-order valence-electron chi connectivity index (χ2n) is 8.40. The summed E-state index contributed by atoms with van der Waals surface area (Å²) in [5, 5.41) is 0. The van der Waals surface area contributed by atoms with E-state index in [2.05, 4.69) is 38.1 Å². The van der Waals surface area contributed by atoms with Gasteiger partial charge in [0, 0.05) is 22.5 Å². The Morgan fingerprint density at radius 2 is 1.66 bits per heavy atom. The molecule has 0 saturated carbocycles. The van der Waals surface area contributed by atoms with Crippen LogP contribution in [0, 0.1) is 0 Å². The number of quaternary nitrogens is 1. The molecule has 0 radical (unpaired) electrons. The molecule has 0 amide bonds. The predicted octanol–water partition coefficient (Wildman–Crippen LogP) is 4.54. The minimum absolute atomic E-state index is 0.154. The maximum absolute atomic E-state index is 10.8. The van der Waals surface area contributed by atoms with Crippen molar-refractivity contribution in [2.75, 3.05) is 26.4 Å². The lowest BCUT2D eigenvalue weighted by Gasteiger charge is -2.30. The van der Waals surface area contributed by atoms with Crippen LogP contribution in [0.3, 0.4) is 0 Å². The smallest absolute Gasteiger partial charge is 0.104 e. The van der Waals surface area contributed by atoms with Gasteiger partial charge in [0.2, 0.25) is 0 Å². The standard InChI is InChI=1S/C22H29NO3S3/c1-22(2,28-21(27)19-9-6-5-7-10-19)20-13-11-18(12-14-20)17-23(3,4)15-8-16-29(24,25)26/h5-7,9-14H,8,15-17H2,1-4H3. The predicted molar refractivity (Wildman–Crippen MR) is 125 cm³/mol. The van der Waals surface area contributed by atoms with Gasteiger partial charge < -0.3 is 9.04 Å². The van der Waals surface area contributed by atoms with Crippen LogP contribution in [0.15, 0.2) is 54.6 Å². The van der Waals surface area contributed by atoms with E-state index in [1.807, 2.05) is 44.4 Å². The molecule has 0 heterocycles. The van der Waals surface area contributed by atoms with Crippen molar-refractivity contribution in [3.63, 3.8) is 0 Å². The zero-order valence-corrected chi connectivity index (χ0v) is 19.9. The maximum atomic E-state index is 10.8. The summed E-state index contributed by atoms with van der Waals surface area (Å²) in [5.41, 5.74) is 3.44. The van der Waals surface area contributed by atoms with E-state index in [1.165, 1.54) is 11.1 Å². The third-order valence-corrected chi connectivity index (χ3v) is 7.22. The summed E-state index contributed by atoms with van der Waals surface area (Å²) in [4.78, 5) is 0. The first-order chi connectivity index (χ1) is 13.4. The Kier molecular flexibility index (Phi) is 8.04. The topological polar surface area (TPSA) is 57.2 Å². The second kappa shape index (κ2) is 9.71. The van der Waals surface area contributed by atoms with Crippen LogP contribution in [0.5, 0.6) is 0 Å². The number of nitrogens with zero attached hydrogens (tertiary/aromatic N) is 1. The Labute approximate surface area is 184 Å². The Morgan fingerprint density at radius 3 is 2.21 bits per heavy atom. The van der Waals surface area contributed by atoms with Crippen molar-refractivity contribution >= 4 is 38.3 Å². The normalized spacial score (nSPS) is 12.7. The molecule has 0 N–H and O–H groups in total. The molecule has 2 rings (SSSR count). The van der Waals surface area contributed by atoms with Crippen molar-refractivity contribution in [2.24, 2.45) is 0 Å². The van der Waals surface area contributed by atoms with Gasteiger partial charge in [-0.1, -0.05) is 66.8 Å². The van der Waals surface area contributed by atoms with Crippen molar-refractivity contribution in [2.45, 2.75) is 31.6 Å². The van der Waals surface area contributed by atoms with E-state index in [0.717, 1.165) is 16.3 Å². The molecule has 2 aromatic rings. The van der Waals surface area contributed by atoms with Gasteiger partial charge in [-0.3, -0.25) is 0 Å². The van der Waals surface area contributed by atoms with E-state index in [4.69, 9.17) is 12.2 Å². The van der Waals surface area contributed by atoms with E-state index in [0.29, 0.717) is 17.4 Å². The minimum atomic E-state index is -4.14. The van der Waals surface area contributed by atoms with Crippen LogP contribution in [0.1, 0.15) is 37.0 Å². The molecule has 0 fully saturated rings. The van der Waals surface area contributed by atoms with Gasteiger partial charge in [0.05, 0.1) is 35.0 Å². The summed E-state index contributed by atoms with van der Waals surface area (Å²) in [6, 6.07) is 18.6. The fourth-order valence-electron chi connectivity index (χ4n) is 3.18. The van der Waals surface area contributed by atoms with Crippen LogP contribution in [0.4, 0.5) is 0 Å². The first-order valence-corrected chi connectivity index (χ1v) is 12.3. The summed E-state index contributed by atoms with van der Waals surface area (Å²) in [5.74, 6) is -0.305. The van der Waals surface area contributed by atoms with Gasteiger partial charge in [0.15, 0.2) is 0 Å². The van der Waals surface area contributed by atoms with E-state index in [1.54, 1.807) is 11.8 Å². The number of hydrogen-bond donors (Lipinski definition) is 0. The van der Waals surface area contributed by atoms with Crippen molar-refractivity contribution < 1.29 is 17.5 Å². The molecule has 0 aliphatic rings. The fourth-order valence-corrected chi connectivity index (χ4v) is 5.39. The highest BCUT2D eigenvalue weighted by molar-refractivity contribution is 8.24. The summed E-state index contributed by atoms with van der Waals surface area (Å²) in [7, 11) is -0.0543. The molecular formula is C22H29NO3S3. The van der Waals surface area contributed by atoms with Crippen molar-refractivity contribution in [1.29, 1.82) is 0 Å². The van der Waals surface area contributed by atoms with Crippen molar-refractivity contribution in [3.05, 3.63) is 71.3 Å². The highest BCUT2D eigenvalue weighted by Gasteiger charge is 2.24. The molecule has 2 aromatic carbocycles. The van der Waals surface area contributed by atoms with Crippen LogP contribution < -0.4 is 0 Å². The summed E-state index contributed by atoms with van der Waals surface area (Å²) in [6.45, 7) is 5.75. The monoisotopic (exact) mass is 451 g/mol. The second-order valence-corrected chi connectivity index (χ2v) is 12.2. The minimum Gasteiger partial charge on any atom is -0.748 e. The van der Waals surface area contributed by atoms with Gasteiger partial charge in [-0.25, -0.2) is 8.42 Å². The highest BCUT2D eigenvalue weighted by Crippen LogP contribution is 2.38. The third kappa shape index (κ3) is 8.18. The van der Waals surface area contributed by atoms with Gasteiger partial charge in [-0.05, 0) is 25.0 Å². The lowest BCUT2D eigenvalue weighted by molar-refractivity contribution is -0.903. The number of hydrogen-bond acceptors (Lipinski definition) is 5. The zero-order chi connectivity index (χ0) is 21.7. The summed E-state index contributed by atoms with van der Waals surface area (Å²) < 4.78 is 33.8. The van der Waals surface area contributed by atoms with E-state index in [9.17, 15) is 13.0 Å². The lowest BCUT2D eigenvalue weighted by Crippen LogP contribution is -2.40. The summed E-state index contributed by atoms with van der Waals surface area (Å²) >= 11 is 7.31. The van der Waals surface area contributed by atoms with E-state index >= 15 is 0 Å². The molecule has 0 unspecified atom stereocenters. The first kappa shape index (κ1) is 24.0. The van der Waals surface area contributed by atoms with Gasteiger partial charge in [0.25, 0.3) is 0 Å². The molecule has 0 spiro atoms. The van der Waals surface area contributed by atoms with Gasteiger partial charge in [0.1, 0.15) is 6.54 Å². The Morgan fingerprint density at radius 1 is 1.07 bits per heavy atom. The number of thioether (sulfide) groups is 1. The Hall–Kier alpha value is -1.25. The number of thiocarbonyl (C=S) groups is 1. The van der Waals surface area contributed by atoms with Crippen LogP contribution in [-0.2, 0) is 21.4 Å². The van der Waals surface area contributed by atoms with Gasteiger partial charge >= 0.3 is 0 Å². The van der Waals surface area contributed by atoms with Crippen molar-refractivity contribution in [1.82, 2.24) is 0 Å². The number of rotatable bonds is 9. The summed E-state index contributed by atoms with van der Waals surface area (Å²) in [6.07, 6.45) is 0.373. The highest BCUT2D eigenvalue weighted by atomic mass is 32.2. The molecule has 0 atom stereocenters. The Balaban J connectivity index is 2.00. The van der Waals surface area contributed by atoms with E-state index in [-0.39, 0.29) is 10.5 Å². The molecule has 158 valence electrons. The maximum Gasteiger partial charge on any atom is 0.104 e. The average Bonchev–Trinajstić information content (AvgIpc) is 2.61. The molecule has 7 heteroatoms. The molecule has 0 aromatic heterocycles. The quantitative estimate of drug-likeness (QED) is 0.318. The SMILES string of the molecule is CC(C)(SC(=S)c1ccccc1)c1ccc(C[N+](C)(C)CCCS(=O)(=O)[O-])cc1. The molecule has 0 aliphatic carbocycles. The molecular weight excluding hydrogens is 422 g/mol. The number of benzene rings is 2. The molecule has 4 nitrogen and oxygen atoms in total.